The van der Waals surface area contributed by atoms with Crippen molar-refractivity contribution in [1.82, 2.24) is 4.98 Å². The molecule has 108 valence electrons. The Morgan fingerprint density at radius 3 is 2.95 bits per heavy atom. The number of hydrogen-bond acceptors (Lipinski definition) is 4. The van der Waals surface area contributed by atoms with Gasteiger partial charge in [0.25, 0.3) is 0 Å². The third-order valence-corrected chi connectivity index (χ3v) is 5.58. The first kappa shape index (κ1) is 14.6. The van der Waals surface area contributed by atoms with Gasteiger partial charge in [-0.05, 0) is 34.8 Å². The van der Waals surface area contributed by atoms with Gasteiger partial charge in [-0.25, -0.2) is 8.42 Å². The first-order valence-corrected chi connectivity index (χ1v) is 8.56. The Labute approximate surface area is 129 Å². The number of halogens is 1. The van der Waals surface area contributed by atoms with Gasteiger partial charge in [-0.2, -0.15) is 0 Å². The van der Waals surface area contributed by atoms with Crippen molar-refractivity contribution in [2.45, 2.75) is 24.1 Å². The van der Waals surface area contributed by atoms with Crippen LogP contribution in [0.15, 0.2) is 41.6 Å². The van der Waals surface area contributed by atoms with Crippen LogP contribution in [0.5, 0.6) is 0 Å². The molecule has 0 saturated carbocycles. The molecule has 0 spiro atoms. The van der Waals surface area contributed by atoms with Gasteiger partial charge >= 0.3 is 6.92 Å². The van der Waals surface area contributed by atoms with E-state index in [-0.39, 0.29) is 17.6 Å². The first-order valence-electron chi connectivity index (χ1n) is 6.53. The van der Waals surface area contributed by atoms with Crippen molar-refractivity contribution in [2.75, 3.05) is 0 Å². The number of benzene rings is 1. The highest BCUT2D eigenvalue weighted by Gasteiger charge is 2.26. The van der Waals surface area contributed by atoms with E-state index < -0.39 is 9.84 Å². The molecule has 0 unspecified atom stereocenters. The highest BCUT2D eigenvalue weighted by Crippen LogP contribution is 2.25. The van der Waals surface area contributed by atoms with Crippen molar-refractivity contribution in [2.24, 2.45) is 0 Å². The average Bonchev–Trinajstić information content (AvgIpc) is 2.81. The standard InChI is InChI=1S/C14H13BClNO3S/c1-15-13-5-11(14(16)6-10(13)8-20-15)9-21(18,19)12-3-2-4-17-7-12/h2-7H,8-9H2,1H3. The second-order valence-corrected chi connectivity index (χ2v) is 7.44. The molecule has 0 N–H and O–H groups in total. The van der Waals surface area contributed by atoms with Crippen LogP contribution in [0, 0.1) is 0 Å². The zero-order valence-electron chi connectivity index (χ0n) is 11.4. The lowest BCUT2D eigenvalue weighted by Crippen LogP contribution is -2.25. The van der Waals surface area contributed by atoms with E-state index in [0.29, 0.717) is 17.2 Å². The van der Waals surface area contributed by atoms with Crippen LogP contribution in [0.1, 0.15) is 11.1 Å². The number of rotatable bonds is 3. The van der Waals surface area contributed by atoms with Crippen LogP contribution in [0.2, 0.25) is 11.8 Å². The summed E-state index contributed by atoms with van der Waals surface area (Å²) >= 11 is 6.21. The quantitative estimate of drug-likeness (QED) is 0.812. The number of nitrogens with zero attached hydrogens (tertiary/aromatic N) is 1. The van der Waals surface area contributed by atoms with E-state index in [2.05, 4.69) is 4.98 Å². The molecule has 21 heavy (non-hydrogen) atoms. The number of sulfone groups is 1. The summed E-state index contributed by atoms with van der Waals surface area (Å²) in [5, 5.41) is 0.457. The summed E-state index contributed by atoms with van der Waals surface area (Å²) in [7, 11) is -3.46. The lowest BCUT2D eigenvalue weighted by Gasteiger charge is -2.09. The molecule has 1 aromatic heterocycles. The molecule has 1 aromatic carbocycles. The summed E-state index contributed by atoms with van der Waals surface area (Å²) < 4.78 is 30.3. The van der Waals surface area contributed by atoms with Gasteiger partial charge in [0.15, 0.2) is 9.84 Å². The number of fused-ring (bicyclic) bond motifs is 1. The van der Waals surface area contributed by atoms with E-state index in [1.807, 2.05) is 12.9 Å². The Hall–Kier alpha value is -1.37. The van der Waals surface area contributed by atoms with Crippen LogP contribution < -0.4 is 5.46 Å². The molecule has 0 saturated heterocycles. The summed E-state index contributed by atoms with van der Waals surface area (Å²) in [6.45, 7) is 2.43. The Kier molecular flexibility index (Phi) is 3.77. The Morgan fingerprint density at radius 1 is 1.43 bits per heavy atom. The monoisotopic (exact) mass is 321 g/mol. The van der Waals surface area contributed by atoms with E-state index in [1.165, 1.54) is 12.3 Å². The van der Waals surface area contributed by atoms with Gasteiger partial charge in [0.2, 0.25) is 0 Å². The predicted octanol–water partition coefficient (Wildman–Crippen LogP) is 2.07. The van der Waals surface area contributed by atoms with Crippen LogP contribution >= 0.6 is 11.6 Å². The molecule has 1 aliphatic rings. The van der Waals surface area contributed by atoms with Gasteiger partial charge in [0, 0.05) is 17.4 Å². The second kappa shape index (κ2) is 5.44. The minimum atomic E-state index is -3.46. The zero-order valence-corrected chi connectivity index (χ0v) is 13.0. The maximum atomic E-state index is 12.4. The lowest BCUT2D eigenvalue weighted by atomic mass is 9.64. The van der Waals surface area contributed by atoms with Crippen LogP contribution in [0.4, 0.5) is 0 Å². The lowest BCUT2D eigenvalue weighted by molar-refractivity contribution is 0.333. The van der Waals surface area contributed by atoms with E-state index >= 15 is 0 Å². The fourth-order valence-electron chi connectivity index (χ4n) is 2.42. The topological polar surface area (TPSA) is 56.3 Å². The summed E-state index contributed by atoms with van der Waals surface area (Å²) in [6, 6.07) is 6.78. The van der Waals surface area contributed by atoms with Gasteiger partial charge in [0.1, 0.15) is 0 Å². The van der Waals surface area contributed by atoms with Crippen molar-refractivity contribution < 1.29 is 13.1 Å². The van der Waals surface area contributed by atoms with Gasteiger partial charge < -0.3 is 4.65 Å². The maximum Gasteiger partial charge on any atom is 0.324 e. The average molecular weight is 322 g/mol. The molecular weight excluding hydrogens is 308 g/mol. The van der Waals surface area contributed by atoms with Gasteiger partial charge in [-0.1, -0.05) is 24.5 Å². The van der Waals surface area contributed by atoms with Gasteiger partial charge in [-0.3, -0.25) is 4.98 Å². The summed E-state index contributed by atoms with van der Waals surface area (Å²) in [5.74, 6) is -0.141. The zero-order chi connectivity index (χ0) is 15.0. The number of aromatic nitrogens is 1. The molecule has 0 bridgehead atoms. The third-order valence-electron chi connectivity index (χ3n) is 3.57. The highest BCUT2D eigenvalue weighted by molar-refractivity contribution is 7.90. The molecule has 0 amide bonds. The Morgan fingerprint density at radius 2 is 2.24 bits per heavy atom. The Bertz CT molecular complexity index is 780. The fraction of sp³-hybridized carbons (Fsp3) is 0.214. The van der Waals surface area contributed by atoms with Crippen LogP contribution in [0.3, 0.4) is 0 Å². The summed E-state index contributed by atoms with van der Waals surface area (Å²) in [6.07, 6.45) is 2.89. The van der Waals surface area contributed by atoms with E-state index in [0.717, 1.165) is 11.0 Å². The van der Waals surface area contributed by atoms with Gasteiger partial charge in [-0.15, -0.1) is 0 Å². The normalized spacial score (nSPS) is 14.3. The molecule has 0 radical (unpaired) electrons. The molecule has 0 fully saturated rings. The smallest absolute Gasteiger partial charge is 0.324 e. The van der Waals surface area contributed by atoms with Crippen LogP contribution in [-0.2, 0) is 26.9 Å². The third kappa shape index (κ3) is 2.84. The molecule has 3 rings (SSSR count). The molecule has 4 nitrogen and oxygen atoms in total. The SMILES string of the molecule is CB1OCc2cc(Cl)c(CS(=O)(=O)c3cccnc3)cc21. The molecule has 7 heteroatoms. The molecule has 2 heterocycles. The summed E-state index contributed by atoms with van der Waals surface area (Å²) in [5.41, 5.74) is 2.63. The number of hydrogen-bond donors (Lipinski definition) is 0. The predicted molar refractivity (Wildman–Crippen MR) is 82.6 cm³/mol. The molecule has 2 aromatic rings. The van der Waals surface area contributed by atoms with Crippen molar-refractivity contribution >= 4 is 33.8 Å². The minimum Gasteiger partial charge on any atom is -0.427 e. The van der Waals surface area contributed by atoms with E-state index in [9.17, 15) is 8.42 Å². The molecule has 0 aliphatic carbocycles. The largest absolute Gasteiger partial charge is 0.427 e. The second-order valence-electron chi connectivity index (χ2n) is 5.04. The van der Waals surface area contributed by atoms with Crippen molar-refractivity contribution in [3.63, 3.8) is 0 Å². The van der Waals surface area contributed by atoms with Crippen molar-refractivity contribution in [1.29, 1.82) is 0 Å². The van der Waals surface area contributed by atoms with E-state index in [4.69, 9.17) is 16.3 Å². The Balaban J connectivity index is 1.98. The van der Waals surface area contributed by atoms with Crippen LogP contribution in [0.25, 0.3) is 0 Å². The fourth-order valence-corrected chi connectivity index (χ4v) is 4.07. The van der Waals surface area contributed by atoms with Crippen LogP contribution in [-0.4, -0.2) is 20.3 Å². The molecule has 0 atom stereocenters. The molecule has 1 aliphatic heterocycles. The van der Waals surface area contributed by atoms with Crippen molar-refractivity contribution in [3.05, 3.63) is 52.8 Å². The minimum absolute atomic E-state index is 0.0305. The van der Waals surface area contributed by atoms with E-state index in [1.54, 1.807) is 18.3 Å². The maximum absolute atomic E-state index is 12.4. The van der Waals surface area contributed by atoms with Crippen molar-refractivity contribution in [3.8, 4) is 0 Å². The summed E-state index contributed by atoms with van der Waals surface area (Å²) in [4.78, 5) is 4.05. The van der Waals surface area contributed by atoms with Gasteiger partial charge in [0.05, 0.1) is 17.3 Å². The number of pyridine rings is 1. The first-order chi connectivity index (χ1) is 9.97. The highest BCUT2D eigenvalue weighted by atomic mass is 35.5. The molecular formula is C14H13BClNO3S.